The van der Waals surface area contributed by atoms with Crippen molar-refractivity contribution < 1.29 is 0 Å². The molecule has 0 unspecified atom stereocenters. The van der Waals surface area contributed by atoms with Gasteiger partial charge >= 0.3 is 0 Å². The summed E-state index contributed by atoms with van der Waals surface area (Å²) < 4.78 is 0. The van der Waals surface area contributed by atoms with Gasteiger partial charge in [-0.2, -0.15) is 0 Å². The molecule has 2 aromatic rings. The van der Waals surface area contributed by atoms with Crippen molar-refractivity contribution in [2.24, 2.45) is 0 Å². The Morgan fingerprint density at radius 2 is 1.45 bits per heavy atom. The first kappa shape index (κ1) is 15.3. The van der Waals surface area contributed by atoms with Crippen LogP contribution >= 0.6 is 0 Å². The van der Waals surface area contributed by atoms with Gasteiger partial charge in [0.25, 0.3) is 0 Å². The molecule has 3 rings (SSSR count). The Hall–Kier alpha value is -1.60. The first-order valence-corrected chi connectivity index (χ1v) is 10.5. The van der Waals surface area contributed by atoms with E-state index in [0.29, 0.717) is 11.1 Å². The zero-order valence-corrected chi connectivity index (χ0v) is 15.4. The lowest BCUT2D eigenvalue weighted by Crippen LogP contribution is -2.53. The van der Waals surface area contributed by atoms with Crippen molar-refractivity contribution in [3.05, 3.63) is 65.2 Å². The van der Waals surface area contributed by atoms with Gasteiger partial charge in [-0.05, 0) is 39.5 Å². The number of aryl methyl sites for hydroxylation is 1. The molecule has 1 aliphatic rings. The average molecular weight is 307 g/mol. The van der Waals surface area contributed by atoms with Crippen LogP contribution in [0.3, 0.4) is 0 Å². The maximum atomic E-state index is 2.48. The minimum Gasteiger partial charge on any atom is -0.0645 e. The molecule has 0 radical (unpaired) electrons. The van der Waals surface area contributed by atoms with Gasteiger partial charge in [0, 0.05) is 0 Å². The van der Waals surface area contributed by atoms with E-state index in [2.05, 4.69) is 89.2 Å². The highest BCUT2D eigenvalue weighted by Crippen LogP contribution is 2.47. The first-order chi connectivity index (χ1) is 10.5. The maximum Gasteiger partial charge on any atom is 0.124 e. The van der Waals surface area contributed by atoms with E-state index in [1.54, 1.807) is 10.4 Å². The van der Waals surface area contributed by atoms with Crippen LogP contribution in [0, 0.1) is 6.92 Å². The highest BCUT2D eigenvalue weighted by molar-refractivity contribution is 7.10. The Bertz CT molecular complexity index is 700. The summed E-state index contributed by atoms with van der Waals surface area (Å²) in [5, 5.41) is 3.27. The summed E-state index contributed by atoms with van der Waals surface area (Å²) in [6.07, 6.45) is 2.48. The summed E-state index contributed by atoms with van der Waals surface area (Å²) >= 11 is 0. The maximum absolute atomic E-state index is 2.48. The van der Waals surface area contributed by atoms with Gasteiger partial charge in [-0.15, -0.1) is 0 Å². The van der Waals surface area contributed by atoms with E-state index in [0.717, 1.165) is 0 Å². The van der Waals surface area contributed by atoms with E-state index in [4.69, 9.17) is 0 Å². The van der Waals surface area contributed by atoms with Crippen molar-refractivity contribution in [1.29, 1.82) is 0 Å². The van der Waals surface area contributed by atoms with Crippen LogP contribution in [-0.4, -0.2) is 8.07 Å². The molecular weight excluding hydrogens is 280 g/mol. The van der Waals surface area contributed by atoms with Crippen LogP contribution in [0.15, 0.2) is 48.5 Å². The molecule has 0 N–H and O–H groups in total. The molecule has 0 saturated heterocycles. The molecular formula is C21H26Si. The minimum absolute atomic E-state index is 0.696. The Morgan fingerprint density at radius 3 is 2.05 bits per heavy atom. The number of benzene rings is 2. The average Bonchev–Trinajstić information content (AvgIpc) is 2.83. The number of hydrogen-bond acceptors (Lipinski definition) is 0. The number of fused-ring (bicyclic) bond motifs is 1. The highest BCUT2D eigenvalue weighted by Gasteiger charge is 2.49. The van der Waals surface area contributed by atoms with Gasteiger partial charge in [-0.3, -0.25) is 0 Å². The molecule has 0 saturated carbocycles. The molecule has 0 amide bonds. The molecule has 1 aliphatic heterocycles. The van der Waals surface area contributed by atoms with Crippen LogP contribution in [0.2, 0.25) is 11.1 Å². The topological polar surface area (TPSA) is 0 Å². The van der Waals surface area contributed by atoms with Crippen LogP contribution in [-0.2, 0) is 0 Å². The lowest BCUT2D eigenvalue weighted by molar-refractivity contribution is 0.931. The molecule has 0 aliphatic carbocycles. The third-order valence-electron chi connectivity index (χ3n) is 5.31. The van der Waals surface area contributed by atoms with Gasteiger partial charge in [-0.25, -0.2) is 0 Å². The van der Waals surface area contributed by atoms with Crippen molar-refractivity contribution in [1.82, 2.24) is 0 Å². The summed E-state index contributed by atoms with van der Waals surface area (Å²) in [7, 11) is -1.75. The zero-order chi connectivity index (χ0) is 15.9. The quantitative estimate of drug-likeness (QED) is 0.651. The molecule has 22 heavy (non-hydrogen) atoms. The van der Waals surface area contributed by atoms with Crippen molar-refractivity contribution >= 4 is 24.5 Å². The monoisotopic (exact) mass is 306 g/mol. The fourth-order valence-corrected chi connectivity index (χ4v) is 10.7. The molecule has 0 fully saturated rings. The Balaban J connectivity index is 2.30. The standard InChI is InChI=1S/C21H26Si/c1-15(2)22(16(3)4)20-13-17(5)11-12-19(20)14-21(22)18-9-7-6-8-10-18/h6-16H,1-5H3. The lowest BCUT2D eigenvalue weighted by Gasteiger charge is -2.40. The van der Waals surface area contributed by atoms with Crippen LogP contribution in [0.25, 0.3) is 11.3 Å². The predicted octanol–water partition coefficient (Wildman–Crippen LogP) is 5.56. The first-order valence-electron chi connectivity index (χ1n) is 8.36. The summed E-state index contributed by atoms with van der Waals surface area (Å²) in [6, 6.07) is 18.1. The van der Waals surface area contributed by atoms with Crippen LogP contribution in [0.5, 0.6) is 0 Å². The molecule has 1 heteroatoms. The van der Waals surface area contributed by atoms with Crippen LogP contribution in [0.4, 0.5) is 0 Å². The second kappa shape index (κ2) is 5.55. The van der Waals surface area contributed by atoms with Crippen LogP contribution < -0.4 is 5.19 Å². The minimum atomic E-state index is -1.75. The smallest absolute Gasteiger partial charge is 0.0645 e. The fraction of sp³-hybridized carbons (Fsp3) is 0.333. The van der Waals surface area contributed by atoms with Gasteiger partial charge in [0.15, 0.2) is 0 Å². The molecule has 0 atom stereocenters. The van der Waals surface area contributed by atoms with E-state index in [1.165, 1.54) is 16.7 Å². The van der Waals surface area contributed by atoms with E-state index in [1.807, 2.05) is 0 Å². The summed E-state index contributed by atoms with van der Waals surface area (Å²) in [4.78, 5) is 0. The van der Waals surface area contributed by atoms with Gasteiger partial charge in [0.1, 0.15) is 8.07 Å². The van der Waals surface area contributed by atoms with E-state index in [-0.39, 0.29) is 0 Å². The van der Waals surface area contributed by atoms with Crippen molar-refractivity contribution in [3.8, 4) is 0 Å². The van der Waals surface area contributed by atoms with Crippen molar-refractivity contribution in [2.75, 3.05) is 0 Å². The van der Waals surface area contributed by atoms with Gasteiger partial charge in [-0.1, -0.05) is 87.9 Å². The molecule has 114 valence electrons. The van der Waals surface area contributed by atoms with E-state index >= 15 is 0 Å². The summed E-state index contributed by atoms with van der Waals surface area (Å²) in [5.74, 6) is 0. The molecule has 2 aromatic carbocycles. The van der Waals surface area contributed by atoms with Gasteiger partial charge in [0.05, 0.1) is 0 Å². The second-order valence-corrected chi connectivity index (χ2v) is 12.3. The molecule has 0 aromatic heterocycles. The predicted molar refractivity (Wildman–Crippen MR) is 101 cm³/mol. The normalized spacial score (nSPS) is 16.0. The molecule has 0 bridgehead atoms. The highest BCUT2D eigenvalue weighted by atomic mass is 28.3. The lowest BCUT2D eigenvalue weighted by atomic mass is 10.1. The largest absolute Gasteiger partial charge is 0.124 e. The van der Waals surface area contributed by atoms with Gasteiger partial charge in [0.2, 0.25) is 0 Å². The molecule has 0 spiro atoms. The van der Waals surface area contributed by atoms with Crippen molar-refractivity contribution in [3.63, 3.8) is 0 Å². The van der Waals surface area contributed by atoms with E-state index < -0.39 is 8.07 Å². The van der Waals surface area contributed by atoms with Gasteiger partial charge < -0.3 is 0 Å². The fourth-order valence-electron chi connectivity index (χ4n) is 4.42. The van der Waals surface area contributed by atoms with Crippen LogP contribution in [0.1, 0.15) is 44.4 Å². The Kier molecular flexibility index (Phi) is 3.86. The molecule has 1 heterocycles. The summed E-state index contributed by atoms with van der Waals surface area (Å²) in [6.45, 7) is 11.9. The van der Waals surface area contributed by atoms with Crippen molar-refractivity contribution in [2.45, 2.75) is 45.7 Å². The third-order valence-corrected chi connectivity index (χ3v) is 11.6. The zero-order valence-electron chi connectivity index (χ0n) is 14.4. The van der Waals surface area contributed by atoms with E-state index in [9.17, 15) is 0 Å². The third kappa shape index (κ3) is 2.11. The molecule has 0 nitrogen and oxygen atoms in total. The Morgan fingerprint density at radius 1 is 0.818 bits per heavy atom. The second-order valence-electron chi connectivity index (χ2n) is 7.19. The SMILES string of the molecule is Cc1ccc2c(c1)[Si](C(C)C)(C(C)C)C(c1ccccc1)=C2. The summed E-state index contributed by atoms with van der Waals surface area (Å²) in [5.41, 5.74) is 5.66. The Labute approximate surface area is 135 Å². The number of hydrogen-bond donors (Lipinski definition) is 0. The number of rotatable bonds is 3.